The molecule has 3 heterocycles. The van der Waals surface area contributed by atoms with E-state index in [1.165, 1.54) is 18.1 Å². The number of nitrogens with zero attached hydrogens (tertiary/aromatic N) is 4. The Morgan fingerprint density at radius 1 is 1.08 bits per heavy atom. The first-order valence-electron chi connectivity index (χ1n) is 11.0. The zero-order chi connectivity index (χ0) is 26.0. The van der Waals surface area contributed by atoms with Gasteiger partial charge >= 0.3 is 5.97 Å². The van der Waals surface area contributed by atoms with Crippen molar-refractivity contribution in [3.63, 3.8) is 0 Å². The Kier molecular flexibility index (Phi) is 7.17. The number of hydrogen-bond donors (Lipinski definition) is 1. The number of aromatic nitrogens is 4. The van der Waals surface area contributed by atoms with Crippen LogP contribution in [0.3, 0.4) is 0 Å². The fraction of sp³-hybridized carbons (Fsp3) is 0.292. The number of amides is 1. The minimum absolute atomic E-state index is 0.0890. The summed E-state index contributed by atoms with van der Waals surface area (Å²) >= 11 is 1.05. The Labute approximate surface area is 209 Å². The molecule has 0 unspecified atom stereocenters. The quantitative estimate of drug-likeness (QED) is 0.283. The minimum atomic E-state index is -0.564. The molecule has 4 aromatic rings. The van der Waals surface area contributed by atoms with Crippen molar-refractivity contribution < 1.29 is 19.1 Å². The maximum atomic E-state index is 13.1. The number of carbonyl (C=O) groups excluding carboxylic acids is 2. The van der Waals surface area contributed by atoms with E-state index in [0.717, 1.165) is 15.9 Å². The van der Waals surface area contributed by atoms with Crippen LogP contribution >= 0.6 is 11.3 Å². The highest BCUT2D eigenvalue weighted by Gasteiger charge is 2.22. The van der Waals surface area contributed by atoms with E-state index in [1.54, 1.807) is 37.7 Å². The molecule has 36 heavy (non-hydrogen) atoms. The van der Waals surface area contributed by atoms with Crippen molar-refractivity contribution in [2.24, 2.45) is 7.05 Å². The summed E-state index contributed by atoms with van der Waals surface area (Å²) in [6, 6.07) is 9.05. The van der Waals surface area contributed by atoms with E-state index in [4.69, 9.17) is 9.47 Å². The molecule has 0 aliphatic rings. The molecule has 0 saturated carbocycles. The van der Waals surface area contributed by atoms with Gasteiger partial charge in [-0.25, -0.2) is 14.5 Å². The van der Waals surface area contributed by atoms with Gasteiger partial charge < -0.3 is 14.8 Å². The molecule has 11 nitrogen and oxygen atoms in total. The van der Waals surface area contributed by atoms with Gasteiger partial charge in [-0.3, -0.25) is 23.6 Å². The van der Waals surface area contributed by atoms with Gasteiger partial charge in [0, 0.05) is 14.2 Å². The molecule has 0 saturated heterocycles. The molecule has 0 spiro atoms. The van der Waals surface area contributed by atoms with E-state index < -0.39 is 17.4 Å². The minimum Gasteiger partial charge on any atom is -0.459 e. The summed E-state index contributed by atoms with van der Waals surface area (Å²) in [6.45, 7) is 3.35. The van der Waals surface area contributed by atoms with Crippen molar-refractivity contribution in [1.82, 2.24) is 18.9 Å². The van der Waals surface area contributed by atoms with Crippen molar-refractivity contribution in [2.75, 3.05) is 25.6 Å². The molecule has 0 aliphatic carbocycles. The second-order valence-electron chi connectivity index (χ2n) is 8.03. The molecule has 0 fully saturated rings. The number of ether oxygens (including phenoxy) is 2. The maximum Gasteiger partial charge on any atom is 0.348 e. The van der Waals surface area contributed by atoms with Gasteiger partial charge in [-0.1, -0.05) is 18.2 Å². The van der Waals surface area contributed by atoms with Gasteiger partial charge in [0.1, 0.15) is 28.5 Å². The fourth-order valence-corrected chi connectivity index (χ4v) is 4.83. The molecule has 12 heteroatoms. The molecule has 1 amide bonds. The third-order valence-corrected chi connectivity index (χ3v) is 6.94. The third-order valence-electron chi connectivity index (χ3n) is 5.76. The Morgan fingerprint density at radius 2 is 1.81 bits per heavy atom. The van der Waals surface area contributed by atoms with Crippen LogP contribution in [0.4, 0.5) is 5.69 Å². The molecule has 188 valence electrons. The number of esters is 1. The lowest BCUT2D eigenvalue weighted by molar-refractivity contribution is -0.116. The lowest BCUT2D eigenvalue weighted by Crippen LogP contribution is -2.29. The molecule has 0 bridgehead atoms. The average molecular weight is 512 g/mol. The maximum absolute atomic E-state index is 13.1. The zero-order valence-electron chi connectivity index (χ0n) is 20.2. The Balaban J connectivity index is 1.59. The summed E-state index contributed by atoms with van der Waals surface area (Å²) in [4.78, 5) is 56.3. The molecular weight excluding hydrogens is 486 g/mol. The number of benzene rings is 1. The summed E-state index contributed by atoms with van der Waals surface area (Å²) in [5.41, 5.74) is 0.926. The largest absolute Gasteiger partial charge is 0.459 e. The van der Waals surface area contributed by atoms with Gasteiger partial charge in [0.15, 0.2) is 0 Å². The topological polar surface area (TPSA) is 126 Å². The number of methoxy groups -OCH3 is 1. The van der Waals surface area contributed by atoms with E-state index in [-0.39, 0.29) is 41.3 Å². The van der Waals surface area contributed by atoms with Gasteiger partial charge in [0.25, 0.3) is 11.1 Å². The summed E-state index contributed by atoms with van der Waals surface area (Å²) < 4.78 is 14.3. The molecule has 1 aromatic carbocycles. The fourth-order valence-electron chi connectivity index (χ4n) is 3.80. The van der Waals surface area contributed by atoms with Crippen LogP contribution < -0.4 is 16.4 Å². The SMILES string of the molecule is COCCOC(=O)c1sc2ncn(CC(=O)Nc3c(C)n(C)n(-c4ccccc4)c3=O)c(=O)c2c1C. The number of anilines is 1. The number of para-hydroxylation sites is 1. The van der Waals surface area contributed by atoms with Gasteiger partial charge in [0.2, 0.25) is 5.91 Å². The van der Waals surface area contributed by atoms with Gasteiger partial charge in [-0.15, -0.1) is 11.3 Å². The van der Waals surface area contributed by atoms with Crippen LogP contribution in [0, 0.1) is 13.8 Å². The van der Waals surface area contributed by atoms with Crippen LogP contribution in [0.2, 0.25) is 0 Å². The van der Waals surface area contributed by atoms with Gasteiger partial charge in [-0.2, -0.15) is 0 Å². The molecular formula is C24H25N5O6S. The first-order valence-corrected chi connectivity index (χ1v) is 11.8. The van der Waals surface area contributed by atoms with E-state index in [0.29, 0.717) is 21.8 Å². The molecule has 1 N–H and O–H groups in total. The number of nitrogens with one attached hydrogen (secondary N) is 1. The lowest BCUT2D eigenvalue weighted by atomic mass is 10.2. The van der Waals surface area contributed by atoms with Crippen LogP contribution in [0.5, 0.6) is 0 Å². The van der Waals surface area contributed by atoms with Crippen LogP contribution in [0.25, 0.3) is 15.9 Å². The Morgan fingerprint density at radius 3 is 2.50 bits per heavy atom. The molecule has 3 aromatic heterocycles. The van der Waals surface area contributed by atoms with Crippen molar-refractivity contribution in [3.8, 4) is 5.69 Å². The number of fused-ring (bicyclic) bond motifs is 1. The highest BCUT2D eigenvalue weighted by molar-refractivity contribution is 7.20. The highest BCUT2D eigenvalue weighted by Crippen LogP contribution is 2.27. The van der Waals surface area contributed by atoms with Crippen molar-refractivity contribution in [3.05, 3.63) is 73.5 Å². The van der Waals surface area contributed by atoms with Gasteiger partial charge in [-0.05, 0) is 31.5 Å². The highest BCUT2D eigenvalue weighted by atomic mass is 32.1. The van der Waals surface area contributed by atoms with E-state index in [2.05, 4.69) is 10.3 Å². The Hall–Kier alpha value is -4.03. The smallest absolute Gasteiger partial charge is 0.348 e. The predicted molar refractivity (Wildman–Crippen MR) is 135 cm³/mol. The van der Waals surface area contributed by atoms with E-state index in [9.17, 15) is 19.2 Å². The standard InChI is InChI=1S/C24H25N5O6S/c1-14-18-21(36-20(14)24(33)35-11-10-34-4)25-13-28(22(18)31)12-17(30)26-19-15(2)27(3)29(23(19)32)16-8-6-5-7-9-16/h5-9,13H,10-12H2,1-4H3,(H,26,30). The summed E-state index contributed by atoms with van der Waals surface area (Å²) in [5, 5.41) is 2.88. The van der Waals surface area contributed by atoms with Gasteiger partial charge in [0.05, 0.1) is 29.7 Å². The van der Waals surface area contributed by atoms with Crippen molar-refractivity contribution >= 4 is 39.1 Å². The first kappa shape index (κ1) is 25.1. The predicted octanol–water partition coefficient (Wildman–Crippen LogP) is 2.01. The third kappa shape index (κ3) is 4.60. The van der Waals surface area contributed by atoms with Crippen LogP contribution in [-0.4, -0.2) is 51.1 Å². The second kappa shape index (κ2) is 10.3. The number of rotatable bonds is 8. The zero-order valence-corrected chi connectivity index (χ0v) is 21.0. The van der Waals surface area contributed by atoms with E-state index >= 15 is 0 Å². The number of aryl methyl sites for hydroxylation is 1. The van der Waals surface area contributed by atoms with Crippen molar-refractivity contribution in [2.45, 2.75) is 20.4 Å². The summed E-state index contributed by atoms with van der Waals surface area (Å²) in [7, 11) is 3.22. The van der Waals surface area contributed by atoms with Crippen LogP contribution in [-0.2, 0) is 27.9 Å². The second-order valence-corrected chi connectivity index (χ2v) is 9.03. The molecule has 0 atom stereocenters. The molecule has 4 rings (SSSR count). The Bertz CT molecular complexity index is 1560. The normalized spacial score (nSPS) is 11.1. The molecule has 0 aliphatic heterocycles. The summed E-state index contributed by atoms with van der Waals surface area (Å²) in [5.74, 6) is -1.12. The average Bonchev–Trinajstić information content (AvgIpc) is 3.31. The monoisotopic (exact) mass is 511 g/mol. The first-order chi connectivity index (χ1) is 17.2. The van der Waals surface area contributed by atoms with Crippen molar-refractivity contribution in [1.29, 1.82) is 0 Å². The number of hydrogen-bond acceptors (Lipinski definition) is 8. The number of carbonyl (C=O) groups is 2. The number of thiophene rings is 1. The lowest BCUT2D eigenvalue weighted by Gasteiger charge is -2.07. The van der Waals surface area contributed by atoms with E-state index in [1.807, 2.05) is 18.2 Å². The summed E-state index contributed by atoms with van der Waals surface area (Å²) in [6.07, 6.45) is 1.25. The molecule has 0 radical (unpaired) electrons. The van der Waals surface area contributed by atoms with Crippen LogP contribution in [0.1, 0.15) is 20.9 Å². The van der Waals surface area contributed by atoms with Crippen LogP contribution in [0.15, 0.2) is 46.2 Å².